The summed E-state index contributed by atoms with van der Waals surface area (Å²) in [6.07, 6.45) is 0. The number of hydrogen-bond acceptors (Lipinski definition) is 4. The van der Waals surface area contributed by atoms with Gasteiger partial charge in [0.2, 0.25) is 15.9 Å². The zero-order valence-electron chi connectivity index (χ0n) is 11.3. The minimum Gasteiger partial charge on any atom is -0.384 e. The zero-order valence-corrected chi connectivity index (χ0v) is 12.1. The molecule has 0 aliphatic carbocycles. The fraction of sp³-hybridized carbons (Fsp3) is 0.308. The van der Waals surface area contributed by atoms with Crippen molar-refractivity contribution in [3.8, 4) is 11.8 Å². The number of rotatable bonds is 4. The first kappa shape index (κ1) is 16.2. The summed E-state index contributed by atoms with van der Waals surface area (Å²) in [4.78, 5) is 11.3. The van der Waals surface area contributed by atoms with E-state index in [2.05, 4.69) is 17.2 Å². The summed E-state index contributed by atoms with van der Waals surface area (Å²) >= 11 is 0. The van der Waals surface area contributed by atoms with Crippen LogP contribution in [-0.4, -0.2) is 51.0 Å². The Morgan fingerprint density at radius 2 is 2.15 bits per heavy atom. The molecule has 0 spiro atoms. The molecule has 0 atom stereocenters. The number of nitrogens with zero attached hydrogens (tertiary/aromatic N) is 1. The largest absolute Gasteiger partial charge is 0.384 e. The Morgan fingerprint density at radius 1 is 1.45 bits per heavy atom. The molecule has 0 aliphatic heterocycles. The van der Waals surface area contributed by atoms with Crippen LogP contribution in [0.3, 0.4) is 0 Å². The number of hydrogen-bond donors (Lipinski definition) is 2. The number of aliphatic hydroxyl groups is 1. The van der Waals surface area contributed by atoms with Gasteiger partial charge in [0, 0.05) is 19.7 Å². The van der Waals surface area contributed by atoms with Gasteiger partial charge in [0.05, 0.1) is 11.4 Å². The van der Waals surface area contributed by atoms with Gasteiger partial charge in [-0.3, -0.25) is 4.79 Å². The molecule has 1 amide bonds. The monoisotopic (exact) mass is 296 g/mol. The normalized spacial score (nSPS) is 10.8. The number of likely N-dealkylation sites (N-methyl/N-ethyl adjacent to an activating group) is 2. The van der Waals surface area contributed by atoms with Crippen molar-refractivity contribution < 1.29 is 18.3 Å². The Bertz CT molecular complexity index is 644. The molecule has 0 fully saturated rings. The van der Waals surface area contributed by atoms with E-state index in [0.29, 0.717) is 5.56 Å². The lowest BCUT2D eigenvalue weighted by atomic mass is 10.2. The maximum Gasteiger partial charge on any atom is 0.243 e. The van der Waals surface area contributed by atoms with E-state index < -0.39 is 15.9 Å². The molecule has 1 aromatic rings. The maximum atomic E-state index is 12.3. The molecule has 0 saturated heterocycles. The minimum absolute atomic E-state index is 0.0497. The van der Waals surface area contributed by atoms with E-state index in [9.17, 15) is 13.2 Å². The topological polar surface area (TPSA) is 86.7 Å². The third-order valence-electron chi connectivity index (χ3n) is 2.50. The second-order valence-corrected chi connectivity index (χ2v) is 5.97. The van der Waals surface area contributed by atoms with Crippen molar-refractivity contribution in [1.82, 2.24) is 9.62 Å². The number of aliphatic hydroxyl groups excluding tert-OH is 1. The van der Waals surface area contributed by atoms with Crippen molar-refractivity contribution in [3.63, 3.8) is 0 Å². The van der Waals surface area contributed by atoms with Crippen LogP contribution >= 0.6 is 0 Å². The van der Waals surface area contributed by atoms with Crippen LogP contribution in [0.4, 0.5) is 0 Å². The standard InChI is InChI=1S/C13H16N2O4S/c1-14-13(17)10-15(2)20(18,19)12-7-3-5-11(9-12)6-4-8-16/h3,5,7,9,16H,8,10H2,1-2H3,(H,14,17). The molecule has 1 aromatic carbocycles. The molecule has 7 heteroatoms. The molecule has 2 N–H and O–H groups in total. The lowest BCUT2D eigenvalue weighted by Gasteiger charge is -2.16. The van der Waals surface area contributed by atoms with E-state index >= 15 is 0 Å². The lowest BCUT2D eigenvalue weighted by molar-refractivity contribution is -0.120. The van der Waals surface area contributed by atoms with Crippen LogP contribution in [-0.2, 0) is 14.8 Å². The molecule has 0 saturated carbocycles. The number of carbonyl (C=O) groups is 1. The molecular weight excluding hydrogens is 280 g/mol. The Balaban J connectivity index is 3.06. The van der Waals surface area contributed by atoms with E-state index in [4.69, 9.17) is 5.11 Å². The van der Waals surface area contributed by atoms with Gasteiger partial charge >= 0.3 is 0 Å². The van der Waals surface area contributed by atoms with Gasteiger partial charge in [0.1, 0.15) is 6.61 Å². The second-order valence-electron chi connectivity index (χ2n) is 3.92. The van der Waals surface area contributed by atoms with E-state index in [1.54, 1.807) is 12.1 Å². The highest BCUT2D eigenvalue weighted by molar-refractivity contribution is 7.89. The van der Waals surface area contributed by atoms with Crippen molar-refractivity contribution in [3.05, 3.63) is 29.8 Å². The van der Waals surface area contributed by atoms with Crippen molar-refractivity contribution in [2.24, 2.45) is 0 Å². The molecule has 0 radical (unpaired) electrons. The fourth-order valence-electron chi connectivity index (χ4n) is 1.42. The van der Waals surface area contributed by atoms with Gasteiger partial charge in [-0.05, 0) is 18.2 Å². The highest BCUT2D eigenvalue weighted by Gasteiger charge is 2.22. The summed E-state index contributed by atoms with van der Waals surface area (Å²) in [5.41, 5.74) is 0.480. The van der Waals surface area contributed by atoms with Crippen LogP contribution in [0.25, 0.3) is 0 Å². The first-order chi connectivity index (χ1) is 9.41. The van der Waals surface area contributed by atoms with Crippen LogP contribution in [0.1, 0.15) is 5.56 Å². The van der Waals surface area contributed by atoms with Crippen molar-refractivity contribution in [2.45, 2.75) is 4.90 Å². The maximum absolute atomic E-state index is 12.3. The Morgan fingerprint density at radius 3 is 2.75 bits per heavy atom. The smallest absolute Gasteiger partial charge is 0.243 e. The Labute approximate surface area is 118 Å². The molecule has 0 heterocycles. The summed E-state index contributed by atoms with van der Waals surface area (Å²) in [7, 11) is -0.981. The van der Waals surface area contributed by atoms with E-state index in [0.717, 1.165) is 4.31 Å². The predicted molar refractivity (Wildman–Crippen MR) is 74.3 cm³/mol. The van der Waals surface area contributed by atoms with Crippen LogP contribution < -0.4 is 5.32 Å². The average molecular weight is 296 g/mol. The van der Waals surface area contributed by atoms with Crippen molar-refractivity contribution in [1.29, 1.82) is 0 Å². The quantitative estimate of drug-likeness (QED) is 0.726. The number of sulfonamides is 1. The Kier molecular flexibility index (Phi) is 5.70. The average Bonchev–Trinajstić information content (AvgIpc) is 2.45. The summed E-state index contributed by atoms with van der Waals surface area (Å²) in [5.74, 6) is 4.69. The highest BCUT2D eigenvalue weighted by atomic mass is 32.2. The van der Waals surface area contributed by atoms with Crippen molar-refractivity contribution >= 4 is 15.9 Å². The van der Waals surface area contributed by atoms with Crippen LogP contribution in [0.5, 0.6) is 0 Å². The lowest BCUT2D eigenvalue weighted by Crippen LogP contribution is -2.36. The molecule has 6 nitrogen and oxygen atoms in total. The second kappa shape index (κ2) is 7.05. The van der Waals surface area contributed by atoms with Gasteiger partial charge in [0.15, 0.2) is 0 Å². The third kappa shape index (κ3) is 4.06. The predicted octanol–water partition coefficient (Wildman–Crippen LogP) is -0.603. The van der Waals surface area contributed by atoms with Crippen LogP contribution in [0, 0.1) is 11.8 Å². The van der Waals surface area contributed by atoms with E-state index in [-0.39, 0.29) is 18.0 Å². The van der Waals surface area contributed by atoms with Gasteiger partial charge in [-0.15, -0.1) is 0 Å². The van der Waals surface area contributed by atoms with Gasteiger partial charge in [-0.2, -0.15) is 4.31 Å². The Hall–Kier alpha value is -1.88. The van der Waals surface area contributed by atoms with Gasteiger partial charge < -0.3 is 10.4 Å². The van der Waals surface area contributed by atoms with E-state index in [1.165, 1.54) is 26.2 Å². The zero-order chi connectivity index (χ0) is 15.2. The number of benzene rings is 1. The number of carbonyl (C=O) groups excluding carboxylic acids is 1. The fourth-order valence-corrected chi connectivity index (χ4v) is 2.60. The number of amides is 1. The SMILES string of the molecule is CNC(=O)CN(C)S(=O)(=O)c1cccc(C#CCO)c1. The molecule has 0 aliphatic rings. The van der Waals surface area contributed by atoms with Gasteiger partial charge in [0.25, 0.3) is 0 Å². The molecular formula is C13H16N2O4S. The molecule has 20 heavy (non-hydrogen) atoms. The molecule has 0 bridgehead atoms. The summed E-state index contributed by atoms with van der Waals surface area (Å²) < 4.78 is 25.5. The van der Waals surface area contributed by atoms with Gasteiger partial charge in [-0.25, -0.2) is 8.42 Å². The number of nitrogens with one attached hydrogen (secondary N) is 1. The minimum atomic E-state index is -3.75. The van der Waals surface area contributed by atoms with Crippen LogP contribution in [0.15, 0.2) is 29.2 Å². The molecule has 0 aromatic heterocycles. The molecule has 0 unspecified atom stereocenters. The first-order valence-electron chi connectivity index (χ1n) is 5.78. The summed E-state index contributed by atoms with van der Waals surface area (Å²) in [5, 5.41) is 11.0. The molecule has 108 valence electrons. The van der Waals surface area contributed by atoms with Crippen molar-refractivity contribution in [2.75, 3.05) is 27.2 Å². The summed E-state index contributed by atoms with van der Waals surface area (Å²) in [6, 6.07) is 6.03. The third-order valence-corrected chi connectivity index (χ3v) is 4.30. The van der Waals surface area contributed by atoms with Crippen LogP contribution in [0.2, 0.25) is 0 Å². The summed E-state index contributed by atoms with van der Waals surface area (Å²) in [6.45, 7) is -0.557. The van der Waals surface area contributed by atoms with E-state index in [1.807, 2.05) is 0 Å². The highest BCUT2D eigenvalue weighted by Crippen LogP contribution is 2.15. The van der Waals surface area contributed by atoms with Gasteiger partial charge in [-0.1, -0.05) is 17.9 Å². The first-order valence-corrected chi connectivity index (χ1v) is 7.22. The molecule has 1 rings (SSSR count).